The average Bonchev–Trinajstić information content (AvgIpc) is 2.42. The van der Waals surface area contributed by atoms with Crippen LogP contribution in [0.4, 0.5) is 4.79 Å². The second-order valence-corrected chi connectivity index (χ2v) is 6.51. The van der Waals surface area contributed by atoms with Gasteiger partial charge in [0.25, 0.3) is 0 Å². The van der Waals surface area contributed by atoms with Crippen molar-refractivity contribution in [1.29, 1.82) is 0 Å². The van der Waals surface area contributed by atoms with E-state index in [1.807, 2.05) is 38.1 Å². The van der Waals surface area contributed by atoms with Crippen molar-refractivity contribution in [2.75, 3.05) is 13.7 Å². The summed E-state index contributed by atoms with van der Waals surface area (Å²) in [5.41, 5.74) is 1.98. The maximum Gasteiger partial charge on any atom is 0.315 e. The van der Waals surface area contributed by atoms with E-state index in [9.17, 15) is 9.90 Å². The summed E-state index contributed by atoms with van der Waals surface area (Å²) in [5.74, 6) is 0. The van der Waals surface area contributed by atoms with E-state index in [0.717, 1.165) is 11.1 Å². The molecule has 0 saturated heterocycles. The van der Waals surface area contributed by atoms with Gasteiger partial charge in [-0.05, 0) is 29.9 Å². The Labute approximate surface area is 133 Å². The first-order valence-electron chi connectivity index (χ1n) is 7.59. The molecule has 0 radical (unpaired) electrons. The summed E-state index contributed by atoms with van der Waals surface area (Å²) in [7, 11) is 1.66. The first-order valence-corrected chi connectivity index (χ1v) is 7.59. The molecular weight excluding hydrogens is 280 g/mol. The highest BCUT2D eigenvalue weighted by Crippen LogP contribution is 2.20. The number of methoxy groups -OCH3 is 1. The van der Waals surface area contributed by atoms with Crippen LogP contribution in [0.25, 0.3) is 0 Å². The lowest BCUT2D eigenvalue weighted by molar-refractivity contribution is 0.129. The van der Waals surface area contributed by atoms with Crippen molar-refractivity contribution in [3.05, 3.63) is 35.4 Å². The van der Waals surface area contributed by atoms with E-state index < -0.39 is 0 Å². The van der Waals surface area contributed by atoms with Gasteiger partial charge >= 0.3 is 6.03 Å². The number of benzene rings is 1. The van der Waals surface area contributed by atoms with E-state index in [-0.39, 0.29) is 17.6 Å². The Kier molecular flexibility index (Phi) is 7.35. The first-order chi connectivity index (χ1) is 10.3. The highest BCUT2D eigenvalue weighted by molar-refractivity contribution is 5.73. The summed E-state index contributed by atoms with van der Waals surface area (Å²) in [6, 6.07) is 7.73. The Morgan fingerprint density at radius 1 is 1.32 bits per heavy atom. The van der Waals surface area contributed by atoms with Gasteiger partial charge in [-0.1, -0.05) is 38.1 Å². The van der Waals surface area contributed by atoms with Gasteiger partial charge in [0.15, 0.2) is 0 Å². The highest BCUT2D eigenvalue weighted by atomic mass is 16.5. The largest absolute Gasteiger partial charge is 0.393 e. The van der Waals surface area contributed by atoms with Crippen LogP contribution in [0.1, 0.15) is 38.3 Å². The van der Waals surface area contributed by atoms with Crippen LogP contribution >= 0.6 is 0 Å². The van der Waals surface area contributed by atoms with Gasteiger partial charge in [-0.25, -0.2) is 4.79 Å². The van der Waals surface area contributed by atoms with Crippen LogP contribution in [0.15, 0.2) is 24.3 Å². The van der Waals surface area contributed by atoms with Gasteiger partial charge in [-0.15, -0.1) is 0 Å². The lowest BCUT2D eigenvalue weighted by Gasteiger charge is -2.26. The Balaban J connectivity index is 2.38. The number of hydrogen-bond donors (Lipinski definition) is 3. The zero-order valence-electron chi connectivity index (χ0n) is 14.0. The molecule has 1 aromatic carbocycles. The molecule has 0 aromatic heterocycles. The molecule has 2 amide bonds. The predicted molar refractivity (Wildman–Crippen MR) is 87.5 cm³/mol. The summed E-state index contributed by atoms with van der Waals surface area (Å²) in [5, 5.41) is 15.1. The number of aliphatic hydroxyl groups excluding tert-OH is 1. The fourth-order valence-electron chi connectivity index (χ4n) is 2.43. The van der Waals surface area contributed by atoms with Crippen LogP contribution in [-0.2, 0) is 17.9 Å². The molecule has 0 aliphatic rings. The molecule has 3 N–H and O–H groups in total. The lowest BCUT2D eigenvalue weighted by Crippen LogP contribution is -2.41. The Morgan fingerprint density at radius 3 is 2.64 bits per heavy atom. The minimum atomic E-state index is -0.372. The van der Waals surface area contributed by atoms with E-state index in [1.54, 1.807) is 14.0 Å². The molecule has 1 aromatic rings. The standard InChI is InChI=1S/C17H28N2O3/c1-13(20)9-17(2,3)12-19-16(21)18-10-14-6-5-7-15(8-14)11-22-4/h5-8,13,20H,9-12H2,1-4H3,(H2,18,19,21). The van der Waals surface area contributed by atoms with Gasteiger partial charge in [-0.2, -0.15) is 0 Å². The third-order valence-electron chi connectivity index (χ3n) is 3.33. The lowest BCUT2D eigenvalue weighted by atomic mass is 9.87. The Hall–Kier alpha value is -1.59. The number of rotatable bonds is 8. The summed E-state index contributed by atoms with van der Waals surface area (Å²) >= 11 is 0. The minimum absolute atomic E-state index is 0.135. The van der Waals surface area contributed by atoms with E-state index in [1.165, 1.54) is 0 Å². The van der Waals surface area contributed by atoms with Crippen LogP contribution in [0.2, 0.25) is 0 Å². The fraction of sp³-hybridized carbons (Fsp3) is 0.588. The van der Waals surface area contributed by atoms with Crippen molar-refractivity contribution in [3.8, 4) is 0 Å². The topological polar surface area (TPSA) is 70.6 Å². The third-order valence-corrected chi connectivity index (χ3v) is 3.33. The monoisotopic (exact) mass is 308 g/mol. The number of ether oxygens (including phenoxy) is 1. The minimum Gasteiger partial charge on any atom is -0.393 e. The van der Waals surface area contributed by atoms with Crippen molar-refractivity contribution >= 4 is 6.03 Å². The number of carbonyl (C=O) groups excluding carboxylic acids is 1. The normalized spacial score (nSPS) is 12.8. The van der Waals surface area contributed by atoms with Crippen LogP contribution in [0.5, 0.6) is 0 Å². The molecule has 5 heteroatoms. The van der Waals surface area contributed by atoms with E-state index in [4.69, 9.17) is 4.74 Å². The predicted octanol–water partition coefficient (Wildman–Crippen LogP) is 2.43. The van der Waals surface area contributed by atoms with Crippen molar-refractivity contribution in [2.45, 2.75) is 46.4 Å². The van der Waals surface area contributed by atoms with Crippen LogP contribution < -0.4 is 10.6 Å². The number of hydrogen-bond acceptors (Lipinski definition) is 3. The Morgan fingerprint density at radius 2 is 2.00 bits per heavy atom. The van der Waals surface area contributed by atoms with Crippen LogP contribution in [0, 0.1) is 5.41 Å². The molecular formula is C17H28N2O3. The smallest absolute Gasteiger partial charge is 0.315 e. The van der Waals surface area contributed by atoms with Gasteiger partial charge in [0.2, 0.25) is 0 Å². The van der Waals surface area contributed by atoms with Gasteiger partial charge < -0.3 is 20.5 Å². The summed E-state index contributed by atoms with van der Waals surface area (Å²) in [4.78, 5) is 11.9. The van der Waals surface area contributed by atoms with Crippen LogP contribution in [0.3, 0.4) is 0 Å². The first kappa shape index (κ1) is 18.5. The molecule has 0 aliphatic heterocycles. The second-order valence-electron chi connectivity index (χ2n) is 6.51. The summed E-state index contributed by atoms with van der Waals surface area (Å²) in [6.45, 7) is 7.36. The molecule has 0 heterocycles. The quantitative estimate of drug-likeness (QED) is 0.691. The van der Waals surface area contributed by atoms with Gasteiger partial charge in [-0.3, -0.25) is 0 Å². The number of nitrogens with one attached hydrogen (secondary N) is 2. The van der Waals surface area contributed by atoms with Gasteiger partial charge in [0.05, 0.1) is 12.7 Å². The molecule has 0 fully saturated rings. The number of amides is 2. The number of carbonyl (C=O) groups is 1. The average molecular weight is 308 g/mol. The van der Waals surface area contributed by atoms with Crippen molar-refractivity contribution in [3.63, 3.8) is 0 Å². The highest BCUT2D eigenvalue weighted by Gasteiger charge is 2.20. The molecule has 5 nitrogen and oxygen atoms in total. The fourth-order valence-corrected chi connectivity index (χ4v) is 2.43. The molecule has 1 unspecified atom stereocenters. The number of urea groups is 1. The molecule has 0 spiro atoms. The molecule has 22 heavy (non-hydrogen) atoms. The van der Waals surface area contributed by atoms with Crippen LogP contribution in [-0.4, -0.2) is 30.9 Å². The zero-order chi connectivity index (χ0) is 16.6. The Bertz CT molecular complexity index is 473. The van der Waals surface area contributed by atoms with E-state index in [0.29, 0.717) is 26.1 Å². The van der Waals surface area contributed by atoms with Gasteiger partial charge in [0.1, 0.15) is 0 Å². The van der Waals surface area contributed by atoms with Gasteiger partial charge in [0, 0.05) is 20.2 Å². The SMILES string of the molecule is COCc1cccc(CNC(=O)NCC(C)(C)CC(C)O)c1. The maximum atomic E-state index is 11.9. The molecule has 0 aliphatic carbocycles. The van der Waals surface area contributed by atoms with E-state index >= 15 is 0 Å². The van der Waals surface area contributed by atoms with Crippen molar-refractivity contribution in [1.82, 2.24) is 10.6 Å². The number of aliphatic hydroxyl groups is 1. The second kappa shape index (κ2) is 8.76. The third kappa shape index (κ3) is 7.43. The maximum absolute atomic E-state index is 11.9. The molecule has 1 atom stereocenters. The van der Waals surface area contributed by atoms with Crippen molar-refractivity contribution < 1.29 is 14.6 Å². The molecule has 1 rings (SSSR count). The summed E-state index contributed by atoms with van der Waals surface area (Å²) in [6.07, 6.45) is 0.273. The zero-order valence-corrected chi connectivity index (χ0v) is 14.0. The van der Waals surface area contributed by atoms with E-state index in [2.05, 4.69) is 10.6 Å². The molecule has 0 saturated carbocycles. The van der Waals surface area contributed by atoms with Crippen molar-refractivity contribution in [2.24, 2.45) is 5.41 Å². The molecule has 124 valence electrons. The molecule has 0 bridgehead atoms. The summed E-state index contributed by atoms with van der Waals surface area (Å²) < 4.78 is 5.10.